The number of hydrogen-bond donors (Lipinski definition) is 2. The van der Waals surface area contributed by atoms with Gasteiger partial charge in [0.1, 0.15) is 6.10 Å². The van der Waals surface area contributed by atoms with Gasteiger partial charge >= 0.3 is 5.97 Å². The second kappa shape index (κ2) is 6.18. The molecule has 1 amide bonds. The Hall–Kier alpha value is -1.10. The molecule has 2 N–H and O–H groups in total. The number of amides is 1. The number of carboxylic acid groups (broad SMARTS) is 1. The lowest BCUT2D eigenvalue weighted by Gasteiger charge is -2.27. The Morgan fingerprint density at radius 3 is 2.39 bits per heavy atom. The lowest BCUT2D eigenvalue weighted by atomic mass is 9.82. The van der Waals surface area contributed by atoms with Crippen LogP contribution in [0.25, 0.3) is 0 Å². The molecule has 2 unspecified atom stereocenters. The number of carbonyl (C=O) groups is 2. The molecule has 1 heterocycles. The first-order chi connectivity index (χ1) is 8.46. The van der Waals surface area contributed by atoms with Gasteiger partial charge in [-0.1, -0.05) is 20.8 Å². The highest BCUT2D eigenvalue weighted by atomic mass is 16.5. The molecular formula is C13H23NO4. The first kappa shape index (κ1) is 15.0. The minimum Gasteiger partial charge on any atom is -0.481 e. The monoisotopic (exact) mass is 257 g/mol. The molecule has 18 heavy (non-hydrogen) atoms. The zero-order chi connectivity index (χ0) is 13.8. The van der Waals surface area contributed by atoms with Crippen LogP contribution in [-0.2, 0) is 14.3 Å². The standard InChI is InChI=1S/C13H23NO4/c1-4-13(5-2,12(16)17)8-14-11(15)10-9(3)6-7-18-10/h9-10H,4-8H2,1-3H3,(H,14,15)(H,16,17). The van der Waals surface area contributed by atoms with Crippen LogP contribution in [0.2, 0.25) is 0 Å². The van der Waals surface area contributed by atoms with Crippen LogP contribution in [-0.4, -0.2) is 36.2 Å². The largest absolute Gasteiger partial charge is 0.481 e. The Kier molecular flexibility index (Phi) is 5.14. The third kappa shape index (κ3) is 3.02. The number of rotatable bonds is 6. The van der Waals surface area contributed by atoms with Crippen LogP contribution in [0.15, 0.2) is 0 Å². The molecule has 0 aromatic heterocycles. The summed E-state index contributed by atoms with van der Waals surface area (Å²) in [6.07, 6.45) is 1.45. The third-order valence-electron chi connectivity index (χ3n) is 4.05. The minimum atomic E-state index is -0.864. The van der Waals surface area contributed by atoms with Crippen LogP contribution >= 0.6 is 0 Å². The average molecular weight is 257 g/mol. The summed E-state index contributed by atoms with van der Waals surface area (Å²) in [6.45, 7) is 6.41. The summed E-state index contributed by atoms with van der Waals surface area (Å²) in [7, 11) is 0. The molecule has 5 heteroatoms. The van der Waals surface area contributed by atoms with Gasteiger partial charge in [-0.2, -0.15) is 0 Å². The van der Waals surface area contributed by atoms with Crippen molar-refractivity contribution in [3.8, 4) is 0 Å². The highest BCUT2D eigenvalue weighted by Gasteiger charge is 2.37. The molecule has 1 fully saturated rings. The van der Waals surface area contributed by atoms with Crippen molar-refractivity contribution in [2.75, 3.05) is 13.2 Å². The molecule has 0 spiro atoms. The second-order valence-electron chi connectivity index (χ2n) is 5.07. The second-order valence-corrected chi connectivity index (χ2v) is 5.07. The maximum atomic E-state index is 11.9. The third-order valence-corrected chi connectivity index (χ3v) is 4.05. The SMILES string of the molecule is CCC(CC)(CNC(=O)C1OCCC1C)C(=O)O. The Labute approximate surface area is 108 Å². The summed E-state index contributed by atoms with van der Waals surface area (Å²) in [5, 5.41) is 12.0. The normalized spacial score (nSPS) is 23.9. The van der Waals surface area contributed by atoms with Gasteiger partial charge < -0.3 is 15.2 Å². The lowest BCUT2D eigenvalue weighted by Crippen LogP contribution is -2.46. The molecule has 5 nitrogen and oxygen atoms in total. The van der Waals surface area contributed by atoms with Gasteiger partial charge in [0.05, 0.1) is 5.41 Å². The molecule has 1 saturated heterocycles. The summed E-state index contributed by atoms with van der Waals surface area (Å²) >= 11 is 0. The smallest absolute Gasteiger partial charge is 0.311 e. The molecule has 0 aromatic rings. The van der Waals surface area contributed by atoms with E-state index in [4.69, 9.17) is 4.74 Å². The zero-order valence-electron chi connectivity index (χ0n) is 11.4. The van der Waals surface area contributed by atoms with E-state index >= 15 is 0 Å². The number of carboxylic acids is 1. The van der Waals surface area contributed by atoms with Crippen LogP contribution in [0.5, 0.6) is 0 Å². The topological polar surface area (TPSA) is 75.6 Å². The highest BCUT2D eigenvalue weighted by Crippen LogP contribution is 2.26. The molecule has 1 aliphatic heterocycles. The molecule has 1 aliphatic rings. The van der Waals surface area contributed by atoms with Crippen LogP contribution in [0, 0.1) is 11.3 Å². The van der Waals surface area contributed by atoms with Gasteiger partial charge in [0.2, 0.25) is 5.91 Å². The summed E-state index contributed by atoms with van der Waals surface area (Å²) in [5.41, 5.74) is -0.864. The van der Waals surface area contributed by atoms with E-state index < -0.39 is 17.5 Å². The van der Waals surface area contributed by atoms with E-state index in [9.17, 15) is 14.7 Å². The summed E-state index contributed by atoms with van der Waals surface area (Å²) < 4.78 is 5.36. The van der Waals surface area contributed by atoms with Crippen LogP contribution in [0.3, 0.4) is 0 Å². The van der Waals surface area contributed by atoms with Crippen molar-refractivity contribution < 1.29 is 19.4 Å². The Bertz CT molecular complexity index is 312. The fourth-order valence-electron chi connectivity index (χ4n) is 2.27. The van der Waals surface area contributed by atoms with E-state index in [0.717, 1.165) is 6.42 Å². The van der Waals surface area contributed by atoms with Crippen LogP contribution in [0.1, 0.15) is 40.0 Å². The predicted molar refractivity (Wildman–Crippen MR) is 67.2 cm³/mol. The zero-order valence-corrected chi connectivity index (χ0v) is 11.4. The van der Waals surface area contributed by atoms with Gasteiger partial charge in [0.25, 0.3) is 0 Å². The summed E-state index contributed by atoms with van der Waals surface area (Å²) in [6, 6.07) is 0. The Morgan fingerprint density at radius 1 is 1.39 bits per heavy atom. The molecule has 0 aromatic carbocycles. The van der Waals surface area contributed by atoms with Gasteiger partial charge in [-0.25, -0.2) is 0 Å². The minimum absolute atomic E-state index is 0.167. The van der Waals surface area contributed by atoms with E-state index in [1.54, 1.807) is 0 Å². The van der Waals surface area contributed by atoms with E-state index in [2.05, 4.69) is 5.32 Å². The van der Waals surface area contributed by atoms with Crippen molar-refractivity contribution in [1.29, 1.82) is 0 Å². The quantitative estimate of drug-likeness (QED) is 0.754. The molecule has 0 bridgehead atoms. The summed E-state index contributed by atoms with van der Waals surface area (Å²) in [4.78, 5) is 23.2. The van der Waals surface area contributed by atoms with Crippen molar-refractivity contribution in [2.24, 2.45) is 11.3 Å². The maximum Gasteiger partial charge on any atom is 0.311 e. The van der Waals surface area contributed by atoms with Gasteiger partial charge in [0.15, 0.2) is 0 Å². The van der Waals surface area contributed by atoms with E-state index in [1.807, 2.05) is 20.8 Å². The van der Waals surface area contributed by atoms with Gasteiger partial charge in [-0.15, -0.1) is 0 Å². The first-order valence-electron chi connectivity index (χ1n) is 6.59. The summed E-state index contributed by atoms with van der Waals surface area (Å²) in [5.74, 6) is -0.840. The number of aliphatic carboxylic acids is 1. The number of ether oxygens (including phenoxy) is 1. The average Bonchev–Trinajstić information content (AvgIpc) is 2.77. The molecule has 1 rings (SSSR count). The van der Waals surface area contributed by atoms with Gasteiger partial charge in [0, 0.05) is 13.2 Å². The molecule has 0 aliphatic carbocycles. The molecule has 104 valence electrons. The van der Waals surface area contributed by atoms with Crippen LogP contribution < -0.4 is 5.32 Å². The number of nitrogens with one attached hydrogen (secondary N) is 1. The van der Waals surface area contributed by atoms with E-state index in [0.29, 0.717) is 19.4 Å². The fourth-order valence-corrected chi connectivity index (χ4v) is 2.27. The van der Waals surface area contributed by atoms with Crippen molar-refractivity contribution in [3.05, 3.63) is 0 Å². The molecule has 0 radical (unpaired) electrons. The Morgan fingerprint density at radius 2 is 2.00 bits per heavy atom. The Balaban J connectivity index is 2.57. The van der Waals surface area contributed by atoms with Crippen molar-refractivity contribution >= 4 is 11.9 Å². The van der Waals surface area contributed by atoms with Gasteiger partial charge in [-0.05, 0) is 25.2 Å². The lowest BCUT2D eigenvalue weighted by molar-refractivity contribution is -0.149. The number of carbonyl (C=O) groups excluding carboxylic acids is 1. The molecule has 0 saturated carbocycles. The van der Waals surface area contributed by atoms with Crippen LogP contribution in [0.4, 0.5) is 0 Å². The highest BCUT2D eigenvalue weighted by molar-refractivity contribution is 5.82. The van der Waals surface area contributed by atoms with E-state index in [1.165, 1.54) is 0 Å². The first-order valence-corrected chi connectivity index (χ1v) is 6.59. The van der Waals surface area contributed by atoms with Gasteiger partial charge in [-0.3, -0.25) is 9.59 Å². The molecular weight excluding hydrogens is 234 g/mol. The van der Waals surface area contributed by atoms with Crippen molar-refractivity contribution in [2.45, 2.75) is 46.1 Å². The van der Waals surface area contributed by atoms with Crippen molar-refractivity contribution in [3.63, 3.8) is 0 Å². The number of hydrogen-bond acceptors (Lipinski definition) is 3. The molecule has 2 atom stereocenters. The maximum absolute atomic E-state index is 11.9. The predicted octanol–water partition coefficient (Wildman–Crippen LogP) is 1.42. The fraction of sp³-hybridized carbons (Fsp3) is 0.846. The van der Waals surface area contributed by atoms with E-state index in [-0.39, 0.29) is 18.4 Å². The van der Waals surface area contributed by atoms with Crippen molar-refractivity contribution in [1.82, 2.24) is 5.32 Å².